The van der Waals surface area contributed by atoms with Crippen molar-refractivity contribution >= 4 is 21.8 Å². The monoisotopic (exact) mass is 391 g/mol. The maximum atomic E-state index is 14.1. The van der Waals surface area contributed by atoms with Gasteiger partial charge in [0.1, 0.15) is 11.6 Å². The van der Waals surface area contributed by atoms with E-state index in [1.807, 2.05) is 31.2 Å². The number of hydrogen-bond donors (Lipinski definition) is 0. The Kier molecular flexibility index (Phi) is 5.19. The average molecular weight is 392 g/mol. The quantitative estimate of drug-likeness (QED) is 0.736. The van der Waals surface area contributed by atoms with Gasteiger partial charge in [-0.05, 0) is 55.7 Å². The van der Waals surface area contributed by atoms with Crippen molar-refractivity contribution in [2.45, 2.75) is 25.8 Å². The molecule has 0 unspecified atom stereocenters. The van der Waals surface area contributed by atoms with E-state index in [-0.39, 0.29) is 17.5 Å². The first-order chi connectivity index (χ1) is 11.6. The fourth-order valence-electron chi connectivity index (χ4n) is 3.13. The lowest BCUT2D eigenvalue weighted by molar-refractivity contribution is 0.0731. The van der Waals surface area contributed by atoms with E-state index < -0.39 is 5.82 Å². The van der Waals surface area contributed by atoms with Crippen molar-refractivity contribution in [1.82, 2.24) is 4.90 Å². The molecule has 3 rings (SSSR count). The van der Waals surface area contributed by atoms with E-state index in [1.165, 1.54) is 12.1 Å². The molecular weight excluding hydrogens is 373 g/mol. The molecule has 5 heteroatoms. The Morgan fingerprint density at radius 3 is 2.71 bits per heavy atom. The van der Waals surface area contributed by atoms with E-state index in [4.69, 9.17) is 4.74 Å². The molecule has 0 aliphatic carbocycles. The van der Waals surface area contributed by atoms with Gasteiger partial charge in [0.25, 0.3) is 5.91 Å². The van der Waals surface area contributed by atoms with Crippen molar-refractivity contribution in [3.8, 4) is 5.75 Å². The molecule has 3 nitrogen and oxygen atoms in total. The van der Waals surface area contributed by atoms with Crippen LogP contribution in [0.4, 0.5) is 4.39 Å². The second-order valence-electron chi connectivity index (χ2n) is 5.78. The third-order valence-electron chi connectivity index (χ3n) is 4.25. The summed E-state index contributed by atoms with van der Waals surface area (Å²) in [7, 11) is 0. The van der Waals surface area contributed by atoms with Crippen LogP contribution < -0.4 is 4.74 Å². The number of carbonyl (C=O) groups is 1. The molecule has 0 aromatic heterocycles. The molecule has 0 spiro atoms. The summed E-state index contributed by atoms with van der Waals surface area (Å²) in [5.41, 5.74) is 1.18. The number of hydrogen-bond acceptors (Lipinski definition) is 2. The normalized spacial score (nSPS) is 17.1. The second-order valence-corrected chi connectivity index (χ2v) is 6.70. The van der Waals surface area contributed by atoms with Crippen LogP contribution in [0.1, 0.15) is 41.7 Å². The fourth-order valence-corrected chi connectivity index (χ4v) is 3.46. The van der Waals surface area contributed by atoms with Crippen molar-refractivity contribution < 1.29 is 13.9 Å². The predicted octanol–water partition coefficient (Wildman–Crippen LogP) is 4.96. The number of amides is 1. The highest BCUT2D eigenvalue weighted by Gasteiger charge is 2.31. The first kappa shape index (κ1) is 17.0. The van der Waals surface area contributed by atoms with Crippen molar-refractivity contribution in [2.24, 2.45) is 0 Å². The highest BCUT2D eigenvalue weighted by Crippen LogP contribution is 2.34. The van der Waals surface area contributed by atoms with Crippen LogP contribution in [0.25, 0.3) is 0 Å². The van der Waals surface area contributed by atoms with Crippen molar-refractivity contribution in [1.29, 1.82) is 0 Å². The van der Waals surface area contributed by atoms with E-state index in [9.17, 15) is 9.18 Å². The first-order valence-corrected chi connectivity index (χ1v) is 8.88. The van der Waals surface area contributed by atoms with Gasteiger partial charge in [0.05, 0.1) is 18.2 Å². The van der Waals surface area contributed by atoms with E-state index in [1.54, 1.807) is 11.0 Å². The maximum Gasteiger partial charge on any atom is 0.257 e. The zero-order valence-corrected chi connectivity index (χ0v) is 15.1. The van der Waals surface area contributed by atoms with Crippen LogP contribution in [0.15, 0.2) is 46.9 Å². The van der Waals surface area contributed by atoms with Gasteiger partial charge in [0, 0.05) is 11.0 Å². The molecule has 0 radical (unpaired) electrons. The van der Waals surface area contributed by atoms with Crippen LogP contribution in [0.2, 0.25) is 0 Å². The molecule has 1 saturated heterocycles. The number of rotatable bonds is 4. The molecule has 126 valence electrons. The minimum atomic E-state index is -0.494. The van der Waals surface area contributed by atoms with Crippen LogP contribution in [-0.4, -0.2) is 24.0 Å². The van der Waals surface area contributed by atoms with Crippen LogP contribution in [-0.2, 0) is 0 Å². The van der Waals surface area contributed by atoms with Crippen LogP contribution in [0.5, 0.6) is 5.75 Å². The van der Waals surface area contributed by atoms with E-state index in [2.05, 4.69) is 15.9 Å². The van der Waals surface area contributed by atoms with Crippen molar-refractivity contribution in [2.75, 3.05) is 13.2 Å². The maximum absolute atomic E-state index is 14.1. The number of nitrogens with zero attached hydrogens (tertiary/aromatic N) is 1. The van der Waals surface area contributed by atoms with E-state index >= 15 is 0 Å². The minimum Gasteiger partial charge on any atom is -0.494 e. The van der Waals surface area contributed by atoms with Gasteiger partial charge in [-0.3, -0.25) is 4.79 Å². The Balaban J connectivity index is 1.83. The molecule has 0 bridgehead atoms. The van der Waals surface area contributed by atoms with E-state index in [0.717, 1.165) is 24.2 Å². The summed E-state index contributed by atoms with van der Waals surface area (Å²) in [6.45, 7) is 3.21. The molecule has 1 heterocycles. The fraction of sp³-hybridized carbons (Fsp3) is 0.316. The molecule has 0 saturated carbocycles. The third kappa shape index (κ3) is 3.46. The summed E-state index contributed by atoms with van der Waals surface area (Å²) >= 11 is 3.22. The lowest BCUT2D eigenvalue weighted by Crippen LogP contribution is -2.31. The summed E-state index contributed by atoms with van der Waals surface area (Å²) in [6.07, 6.45) is 1.81. The first-order valence-electron chi connectivity index (χ1n) is 8.09. The molecule has 2 aromatic rings. The van der Waals surface area contributed by atoms with Gasteiger partial charge in [-0.15, -0.1) is 0 Å². The lowest BCUT2D eigenvalue weighted by atomic mass is 10.0. The highest BCUT2D eigenvalue weighted by atomic mass is 79.9. The number of likely N-dealkylation sites (tertiary alicyclic amines) is 1. The Morgan fingerprint density at radius 2 is 2.04 bits per heavy atom. The molecule has 1 atom stereocenters. The third-order valence-corrected chi connectivity index (χ3v) is 4.74. The molecule has 24 heavy (non-hydrogen) atoms. The molecule has 2 aromatic carbocycles. The number of ether oxygens (including phenoxy) is 1. The second kappa shape index (κ2) is 7.34. The molecule has 1 amide bonds. The molecule has 0 N–H and O–H groups in total. The van der Waals surface area contributed by atoms with Gasteiger partial charge in [-0.2, -0.15) is 0 Å². The standard InChI is InChI=1S/C19H19BrFNO2/c1-2-24-15-8-5-13(6-9-15)18-4-3-11-22(18)19(23)16-10-7-14(20)12-17(16)21/h5-10,12,18H,2-4,11H2,1H3/t18-/m0/s1. The van der Waals surface area contributed by atoms with Gasteiger partial charge < -0.3 is 9.64 Å². The van der Waals surface area contributed by atoms with Gasteiger partial charge in [-0.25, -0.2) is 4.39 Å². The summed E-state index contributed by atoms with van der Waals surface area (Å²) in [5.74, 6) is 0.0687. The molecule has 1 fully saturated rings. The summed E-state index contributed by atoms with van der Waals surface area (Å²) < 4.78 is 20.2. The van der Waals surface area contributed by atoms with Gasteiger partial charge in [0.15, 0.2) is 0 Å². The van der Waals surface area contributed by atoms with Crippen LogP contribution >= 0.6 is 15.9 Å². The van der Waals surface area contributed by atoms with Crippen molar-refractivity contribution in [3.63, 3.8) is 0 Å². The largest absolute Gasteiger partial charge is 0.494 e. The van der Waals surface area contributed by atoms with Crippen molar-refractivity contribution in [3.05, 3.63) is 63.9 Å². The predicted molar refractivity (Wildman–Crippen MR) is 94.7 cm³/mol. The number of benzene rings is 2. The molecule has 1 aliphatic heterocycles. The number of halogens is 2. The molecular formula is C19H19BrFNO2. The van der Waals surface area contributed by atoms with Crippen LogP contribution in [0, 0.1) is 5.82 Å². The Bertz CT molecular complexity index is 733. The Hall–Kier alpha value is -1.88. The lowest BCUT2D eigenvalue weighted by Gasteiger charge is -2.25. The summed E-state index contributed by atoms with van der Waals surface area (Å²) in [6, 6.07) is 12.3. The highest BCUT2D eigenvalue weighted by molar-refractivity contribution is 9.10. The van der Waals surface area contributed by atoms with Gasteiger partial charge >= 0.3 is 0 Å². The molecule has 1 aliphatic rings. The smallest absolute Gasteiger partial charge is 0.257 e. The topological polar surface area (TPSA) is 29.5 Å². The van der Waals surface area contributed by atoms with Gasteiger partial charge in [-0.1, -0.05) is 28.1 Å². The zero-order valence-electron chi connectivity index (χ0n) is 13.5. The Morgan fingerprint density at radius 1 is 1.29 bits per heavy atom. The van der Waals surface area contributed by atoms with Gasteiger partial charge in [0.2, 0.25) is 0 Å². The minimum absolute atomic E-state index is 0.0174. The zero-order chi connectivity index (χ0) is 17.1. The SMILES string of the molecule is CCOc1ccc([C@@H]2CCCN2C(=O)c2ccc(Br)cc2F)cc1. The van der Waals surface area contributed by atoms with Crippen LogP contribution in [0.3, 0.4) is 0 Å². The van der Waals surface area contributed by atoms with E-state index in [0.29, 0.717) is 17.6 Å². The Labute approximate surface area is 149 Å². The summed E-state index contributed by atoms with van der Waals surface area (Å²) in [5, 5.41) is 0. The average Bonchev–Trinajstić information content (AvgIpc) is 3.05. The number of carbonyl (C=O) groups excluding carboxylic acids is 1. The summed E-state index contributed by atoms with van der Waals surface area (Å²) in [4.78, 5) is 14.5.